The van der Waals surface area contributed by atoms with Crippen LogP contribution in [0.2, 0.25) is 0 Å². The van der Waals surface area contributed by atoms with Crippen LogP contribution >= 0.6 is 0 Å². The first-order valence-electron chi connectivity index (χ1n) is 6.61. The van der Waals surface area contributed by atoms with Gasteiger partial charge in [0.1, 0.15) is 17.3 Å². The molecule has 0 aliphatic heterocycles. The Kier molecular flexibility index (Phi) is 3.69. The molecule has 0 spiro atoms. The number of rotatable bonds is 4. The van der Waals surface area contributed by atoms with Crippen molar-refractivity contribution in [3.63, 3.8) is 0 Å². The predicted molar refractivity (Wildman–Crippen MR) is 84.9 cm³/mol. The van der Waals surface area contributed by atoms with Gasteiger partial charge in [0, 0.05) is 5.69 Å². The van der Waals surface area contributed by atoms with E-state index >= 15 is 0 Å². The third-order valence-corrected chi connectivity index (χ3v) is 2.89. The zero-order chi connectivity index (χ0) is 14.5. The topological polar surface area (TPSA) is 60.2 Å². The average molecular weight is 277 g/mol. The number of para-hydroxylation sites is 1. The number of nitrogens with zero attached hydrogens (tertiary/aromatic N) is 1. The number of pyridine rings is 1. The molecule has 1 aromatic heterocycles. The SMILES string of the molecule is Nc1ccc(Nc2ccc(Oc3ccccc3)cc2)nc1. The minimum atomic E-state index is 0.646. The van der Waals surface area contributed by atoms with Crippen molar-refractivity contribution in [3.05, 3.63) is 72.9 Å². The number of hydrogen-bond donors (Lipinski definition) is 2. The van der Waals surface area contributed by atoms with E-state index in [1.165, 1.54) is 0 Å². The number of ether oxygens (including phenoxy) is 1. The van der Waals surface area contributed by atoms with Gasteiger partial charge in [0.05, 0.1) is 11.9 Å². The van der Waals surface area contributed by atoms with Gasteiger partial charge in [0.25, 0.3) is 0 Å². The van der Waals surface area contributed by atoms with Crippen LogP contribution in [0.15, 0.2) is 72.9 Å². The van der Waals surface area contributed by atoms with E-state index in [4.69, 9.17) is 10.5 Å². The van der Waals surface area contributed by atoms with Gasteiger partial charge in [-0.1, -0.05) is 18.2 Å². The molecule has 3 rings (SSSR count). The summed E-state index contributed by atoms with van der Waals surface area (Å²) in [7, 11) is 0. The Morgan fingerprint density at radius 1 is 0.810 bits per heavy atom. The molecule has 104 valence electrons. The Bertz CT molecular complexity index is 694. The van der Waals surface area contributed by atoms with Crippen LogP contribution in [0.4, 0.5) is 17.2 Å². The highest BCUT2D eigenvalue weighted by atomic mass is 16.5. The van der Waals surface area contributed by atoms with Crippen LogP contribution in [0, 0.1) is 0 Å². The lowest BCUT2D eigenvalue weighted by Gasteiger charge is -2.08. The van der Waals surface area contributed by atoms with E-state index in [1.54, 1.807) is 6.20 Å². The average Bonchev–Trinajstić information content (AvgIpc) is 2.53. The fraction of sp³-hybridized carbons (Fsp3) is 0. The number of hydrogen-bond acceptors (Lipinski definition) is 4. The number of nitrogen functional groups attached to an aromatic ring is 1. The summed E-state index contributed by atoms with van der Waals surface area (Å²) in [5.41, 5.74) is 7.19. The van der Waals surface area contributed by atoms with Crippen molar-refractivity contribution in [2.24, 2.45) is 0 Å². The zero-order valence-electron chi connectivity index (χ0n) is 11.4. The molecular formula is C17H15N3O. The lowest BCUT2D eigenvalue weighted by atomic mass is 10.3. The maximum absolute atomic E-state index is 5.74. The summed E-state index contributed by atoms with van der Waals surface area (Å²) in [4.78, 5) is 4.20. The number of aromatic nitrogens is 1. The predicted octanol–water partition coefficient (Wildman–Crippen LogP) is 4.20. The van der Waals surface area contributed by atoms with Gasteiger partial charge in [0.2, 0.25) is 0 Å². The maximum Gasteiger partial charge on any atom is 0.130 e. The zero-order valence-corrected chi connectivity index (χ0v) is 11.4. The monoisotopic (exact) mass is 277 g/mol. The third-order valence-electron chi connectivity index (χ3n) is 2.89. The summed E-state index contributed by atoms with van der Waals surface area (Å²) < 4.78 is 5.74. The quantitative estimate of drug-likeness (QED) is 0.750. The molecule has 2 aromatic carbocycles. The van der Waals surface area contributed by atoms with Crippen LogP contribution in [0.5, 0.6) is 11.5 Å². The standard InChI is InChI=1S/C17H15N3O/c18-13-6-11-17(19-12-13)20-14-7-9-16(10-8-14)21-15-4-2-1-3-5-15/h1-12H,18H2,(H,19,20). The van der Waals surface area contributed by atoms with Crippen LogP contribution in [0.25, 0.3) is 0 Å². The number of nitrogens with one attached hydrogen (secondary N) is 1. The highest BCUT2D eigenvalue weighted by Crippen LogP contribution is 2.23. The van der Waals surface area contributed by atoms with E-state index in [9.17, 15) is 0 Å². The Balaban J connectivity index is 1.68. The molecule has 0 aliphatic rings. The third kappa shape index (κ3) is 3.51. The van der Waals surface area contributed by atoms with Gasteiger partial charge < -0.3 is 15.8 Å². The molecule has 4 nitrogen and oxygen atoms in total. The number of anilines is 3. The highest BCUT2D eigenvalue weighted by Gasteiger charge is 1.99. The second-order valence-corrected chi connectivity index (χ2v) is 4.54. The molecule has 0 fully saturated rings. The lowest BCUT2D eigenvalue weighted by Crippen LogP contribution is -1.94. The van der Waals surface area contributed by atoms with Crippen molar-refractivity contribution < 1.29 is 4.74 Å². The molecule has 0 saturated heterocycles. The summed E-state index contributed by atoms with van der Waals surface area (Å²) in [5.74, 6) is 2.36. The Labute approximate surface area is 123 Å². The van der Waals surface area contributed by atoms with Crippen LogP contribution in [0.3, 0.4) is 0 Å². The molecule has 0 aliphatic carbocycles. The van der Waals surface area contributed by atoms with Gasteiger partial charge in [-0.05, 0) is 48.5 Å². The van der Waals surface area contributed by atoms with E-state index in [-0.39, 0.29) is 0 Å². The van der Waals surface area contributed by atoms with E-state index in [0.717, 1.165) is 23.0 Å². The second-order valence-electron chi connectivity index (χ2n) is 4.54. The molecule has 0 saturated carbocycles. The number of nitrogens with two attached hydrogens (primary N) is 1. The van der Waals surface area contributed by atoms with Gasteiger partial charge in [-0.3, -0.25) is 0 Å². The van der Waals surface area contributed by atoms with Crippen LogP contribution in [-0.4, -0.2) is 4.98 Å². The molecule has 0 unspecified atom stereocenters. The minimum absolute atomic E-state index is 0.646. The molecule has 21 heavy (non-hydrogen) atoms. The first kappa shape index (κ1) is 13.0. The summed E-state index contributed by atoms with van der Waals surface area (Å²) in [6, 6.07) is 21.0. The maximum atomic E-state index is 5.74. The smallest absolute Gasteiger partial charge is 0.130 e. The number of benzene rings is 2. The van der Waals surface area contributed by atoms with E-state index in [2.05, 4.69) is 10.3 Å². The summed E-state index contributed by atoms with van der Waals surface area (Å²) in [5, 5.41) is 3.20. The first-order chi connectivity index (χ1) is 10.3. The van der Waals surface area contributed by atoms with E-state index in [1.807, 2.05) is 66.7 Å². The highest BCUT2D eigenvalue weighted by molar-refractivity contribution is 5.58. The largest absolute Gasteiger partial charge is 0.457 e. The fourth-order valence-electron chi connectivity index (χ4n) is 1.86. The van der Waals surface area contributed by atoms with Crippen molar-refractivity contribution >= 4 is 17.2 Å². The van der Waals surface area contributed by atoms with Crippen molar-refractivity contribution in [3.8, 4) is 11.5 Å². The molecule has 3 N–H and O–H groups in total. The lowest BCUT2D eigenvalue weighted by molar-refractivity contribution is 0.483. The fourth-order valence-corrected chi connectivity index (χ4v) is 1.86. The first-order valence-corrected chi connectivity index (χ1v) is 6.61. The molecule has 1 heterocycles. The van der Waals surface area contributed by atoms with Crippen molar-refractivity contribution in [2.45, 2.75) is 0 Å². The Morgan fingerprint density at radius 3 is 2.19 bits per heavy atom. The van der Waals surface area contributed by atoms with Gasteiger partial charge in [-0.25, -0.2) is 4.98 Å². The van der Waals surface area contributed by atoms with Gasteiger partial charge >= 0.3 is 0 Å². The van der Waals surface area contributed by atoms with Crippen LogP contribution in [0.1, 0.15) is 0 Å². The van der Waals surface area contributed by atoms with Crippen LogP contribution < -0.4 is 15.8 Å². The van der Waals surface area contributed by atoms with Crippen molar-refractivity contribution in [2.75, 3.05) is 11.1 Å². The van der Waals surface area contributed by atoms with Crippen molar-refractivity contribution in [1.29, 1.82) is 0 Å². The van der Waals surface area contributed by atoms with Crippen LogP contribution in [-0.2, 0) is 0 Å². The van der Waals surface area contributed by atoms with Gasteiger partial charge in [0.15, 0.2) is 0 Å². The summed E-state index contributed by atoms with van der Waals surface area (Å²) >= 11 is 0. The normalized spacial score (nSPS) is 10.1. The minimum Gasteiger partial charge on any atom is -0.457 e. The summed E-state index contributed by atoms with van der Waals surface area (Å²) in [6.07, 6.45) is 1.62. The second kappa shape index (κ2) is 5.96. The van der Waals surface area contributed by atoms with Crippen molar-refractivity contribution in [1.82, 2.24) is 4.98 Å². The molecule has 0 atom stereocenters. The Morgan fingerprint density at radius 2 is 1.52 bits per heavy atom. The van der Waals surface area contributed by atoms with E-state index in [0.29, 0.717) is 5.69 Å². The molecule has 0 amide bonds. The summed E-state index contributed by atoms with van der Waals surface area (Å²) in [6.45, 7) is 0. The van der Waals surface area contributed by atoms with Gasteiger partial charge in [-0.15, -0.1) is 0 Å². The molecule has 0 radical (unpaired) electrons. The molecule has 0 bridgehead atoms. The van der Waals surface area contributed by atoms with Gasteiger partial charge in [-0.2, -0.15) is 0 Å². The molecule has 4 heteroatoms. The van der Waals surface area contributed by atoms with E-state index < -0.39 is 0 Å². The molecule has 3 aromatic rings. The Hall–Kier alpha value is -3.01. The molecular weight excluding hydrogens is 262 g/mol.